The Labute approximate surface area is 151 Å². The van der Waals surface area contributed by atoms with Gasteiger partial charge < -0.3 is 9.64 Å². The molecule has 0 bridgehead atoms. The van der Waals surface area contributed by atoms with E-state index in [2.05, 4.69) is 32.7 Å². The highest BCUT2D eigenvalue weighted by molar-refractivity contribution is 9.10. The molecule has 6 heteroatoms. The monoisotopic (exact) mass is 396 g/mol. The third kappa shape index (κ3) is 3.97. The van der Waals surface area contributed by atoms with Crippen LogP contribution in [0.4, 0.5) is 5.69 Å². The van der Waals surface area contributed by atoms with E-state index in [1.165, 1.54) is 0 Å². The van der Waals surface area contributed by atoms with Crippen LogP contribution in [0.25, 0.3) is 0 Å². The van der Waals surface area contributed by atoms with Crippen molar-refractivity contribution in [3.05, 3.63) is 21.4 Å². The number of hydrogen-bond donors (Lipinski definition) is 0. The summed E-state index contributed by atoms with van der Waals surface area (Å²) in [4.78, 5) is 31.5. The van der Waals surface area contributed by atoms with Crippen LogP contribution in [0.3, 0.4) is 0 Å². The Bertz CT molecular complexity index is 650. The number of ether oxygens (including phenoxy) is 1. The van der Waals surface area contributed by atoms with Crippen LogP contribution in [0.2, 0.25) is 0 Å². The molecular formula is C18H25BrN2O3. The zero-order valence-corrected chi connectivity index (χ0v) is 16.6. The van der Waals surface area contributed by atoms with Crippen LogP contribution >= 0.6 is 15.9 Å². The SMILES string of the molecule is Cc1nc(C)c(C(=O)C(=O)OC(C)C)c(N2CCC(C)CC2)c1Br. The zero-order valence-electron chi connectivity index (χ0n) is 15.0. The van der Waals surface area contributed by atoms with E-state index in [1.54, 1.807) is 20.8 Å². The highest BCUT2D eigenvalue weighted by Gasteiger charge is 2.31. The van der Waals surface area contributed by atoms with Gasteiger partial charge in [0, 0.05) is 13.1 Å². The number of hydrogen-bond acceptors (Lipinski definition) is 5. The number of pyridine rings is 1. The van der Waals surface area contributed by atoms with E-state index < -0.39 is 11.8 Å². The van der Waals surface area contributed by atoms with Crippen molar-refractivity contribution in [3.63, 3.8) is 0 Å². The Balaban J connectivity index is 2.48. The van der Waals surface area contributed by atoms with Gasteiger partial charge in [-0.2, -0.15) is 0 Å². The molecule has 2 rings (SSSR count). The normalized spacial score (nSPS) is 15.7. The van der Waals surface area contributed by atoms with Gasteiger partial charge in [-0.1, -0.05) is 6.92 Å². The van der Waals surface area contributed by atoms with Gasteiger partial charge in [-0.3, -0.25) is 9.78 Å². The number of aromatic nitrogens is 1. The Morgan fingerprint density at radius 2 is 1.79 bits per heavy atom. The molecule has 0 spiro atoms. The zero-order chi connectivity index (χ0) is 18.0. The van der Waals surface area contributed by atoms with Crippen LogP contribution < -0.4 is 4.90 Å². The Morgan fingerprint density at radius 3 is 2.33 bits per heavy atom. The molecule has 1 aliphatic rings. The van der Waals surface area contributed by atoms with Gasteiger partial charge in [-0.25, -0.2) is 4.79 Å². The predicted octanol–water partition coefficient (Wildman–Crippen LogP) is 3.83. The van der Waals surface area contributed by atoms with E-state index in [1.807, 2.05) is 6.92 Å². The molecule has 0 unspecified atom stereocenters. The molecule has 0 radical (unpaired) electrons. The molecule has 1 aromatic rings. The standard InChI is InChI=1S/C18H25BrN2O3/c1-10(2)24-18(23)17(22)14-12(4)20-13(5)15(19)16(14)21-8-6-11(3)7-9-21/h10-11H,6-9H2,1-5H3. The second-order valence-electron chi connectivity index (χ2n) is 6.77. The third-order valence-corrected chi connectivity index (χ3v) is 5.26. The van der Waals surface area contributed by atoms with Gasteiger partial charge in [0.2, 0.25) is 0 Å². The molecule has 2 heterocycles. The number of piperidine rings is 1. The average molecular weight is 397 g/mol. The Hall–Kier alpha value is -1.43. The molecule has 1 aliphatic heterocycles. The van der Waals surface area contributed by atoms with Gasteiger partial charge in [-0.15, -0.1) is 0 Å². The lowest BCUT2D eigenvalue weighted by Gasteiger charge is -2.34. The summed E-state index contributed by atoms with van der Waals surface area (Å²) in [7, 11) is 0. The first kappa shape index (κ1) is 18.9. The van der Waals surface area contributed by atoms with Crippen molar-refractivity contribution in [3.8, 4) is 0 Å². The molecule has 5 nitrogen and oxygen atoms in total. The maximum Gasteiger partial charge on any atom is 0.380 e. The fourth-order valence-electron chi connectivity index (χ4n) is 2.98. The predicted molar refractivity (Wildman–Crippen MR) is 97.6 cm³/mol. The third-order valence-electron chi connectivity index (χ3n) is 4.31. The number of rotatable bonds is 4. The number of anilines is 1. The summed E-state index contributed by atoms with van der Waals surface area (Å²) < 4.78 is 5.88. The van der Waals surface area contributed by atoms with Crippen molar-refractivity contribution in [2.45, 2.75) is 53.6 Å². The number of halogens is 1. The molecular weight excluding hydrogens is 372 g/mol. The maximum absolute atomic E-state index is 12.7. The van der Waals surface area contributed by atoms with Crippen molar-refractivity contribution < 1.29 is 14.3 Å². The summed E-state index contributed by atoms with van der Waals surface area (Å²) in [6, 6.07) is 0. The Morgan fingerprint density at radius 1 is 1.21 bits per heavy atom. The smallest absolute Gasteiger partial charge is 0.380 e. The molecule has 0 atom stereocenters. The first-order valence-corrected chi connectivity index (χ1v) is 9.18. The van der Waals surface area contributed by atoms with Gasteiger partial charge in [0.15, 0.2) is 0 Å². The molecule has 1 saturated heterocycles. The minimum Gasteiger partial charge on any atom is -0.457 e. The van der Waals surface area contributed by atoms with Crippen molar-refractivity contribution in [2.75, 3.05) is 18.0 Å². The molecule has 1 aromatic heterocycles. The number of Topliss-reactive ketones (excluding diaryl/α,β-unsaturated/α-hetero) is 1. The summed E-state index contributed by atoms with van der Waals surface area (Å²) in [5, 5.41) is 0. The molecule has 0 aliphatic carbocycles. The number of ketones is 1. The summed E-state index contributed by atoms with van der Waals surface area (Å²) >= 11 is 3.58. The fraction of sp³-hybridized carbons (Fsp3) is 0.611. The number of nitrogens with zero attached hydrogens (tertiary/aromatic N) is 2. The highest BCUT2D eigenvalue weighted by atomic mass is 79.9. The van der Waals surface area contributed by atoms with Gasteiger partial charge >= 0.3 is 5.97 Å². The largest absolute Gasteiger partial charge is 0.457 e. The van der Waals surface area contributed by atoms with Crippen molar-refractivity contribution in [2.24, 2.45) is 5.92 Å². The van der Waals surface area contributed by atoms with Crippen LogP contribution in [-0.2, 0) is 9.53 Å². The molecule has 0 N–H and O–H groups in total. The fourth-order valence-corrected chi connectivity index (χ4v) is 3.52. The van der Waals surface area contributed by atoms with Crippen molar-refractivity contribution >= 4 is 33.4 Å². The van der Waals surface area contributed by atoms with Gasteiger partial charge in [0.1, 0.15) is 0 Å². The molecule has 132 valence electrons. The van der Waals surface area contributed by atoms with Gasteiger partial charge in [-0.05, 0) is 62.4 Å². The van der Waals surface area contributed by atoms with E-state index in [0.29, 0.717) is 17.2 Å². The summed E-state index contributed by atoms with van der Waals surface area (Å²) in [5.41, 5.74) is 2.51. The van der Waals surface area contributed by atoms with E-state index in [4.69, 9.17) is 4.74 Å². The van der Waals surface area contributed by atoms with E-state index in [9.17, 15) is 9.59 Å². The topological polar surface area (TPSA) is 59.5 Å². The number of carbonyl (C=O) groups is 2. The van der Waals surface area contributed by atoms with Gasteiger partial charge in [0.25, 0.3) is 5.78 Å². The van der Waals surface area contributed by atoms with Crippen LogP contribution in [0.1, 0.15) is 55.4 Å². The minimum absolute atomic E-state index is 0.331. The average Bonchev–Trinajstić information content (AvgIpc) is 2.50. The summed E-state index contributed by atoms with van der Waals surface area (Å²) in [6.45, 7) is 11.1. The number of carbonyl (C=O) groups excluding carboxylic acids is 2. The quantitative estimate of drug-likeness (QED) is 0.439. The van der Waals surface area contributed by atoms with E-state index >= 15 is 0 Å². The van der Waals surface area contributed by atoms with Crippen LogP contribution in [-0.4, -0.2) is 35.9 Å². The van der Waals surface area contributed by atoms with E-state index in [-0.39, 0.29) is 6.10 Å². The first-order chi connectivity index (χ1) is 11.2. The minimum atomic E-state index is -0.822. The summed E-state index contributed by atoms with van der Waals surface area (Å²) in [5.74, 6) is -0.769. The first-order valence-electron chi connectivity index (χ1n) is 8.39. The molecule has 1 fully saturated rings. The second kappa shape index (κ2) is 7.64. The van der Waals surface area contributed by atoms with E-state index in [0.717, 1.165) is 41.8 Å². The lowest BCUT2D eigenvalue weighted by molar-refractivity contribution is -0.141. The van der Waals surface area contributed by atoms with Crippen LogP contribution in [0, 0.1) is 19.8 Å². The molecule has 0 amide bonds. The molecule has 0 aromatic carbocycles. The molecule has 0 saturated carbocycles. The van der Waals surface area contributed by atoms with Crippen molar-refractivity contribution in [1.29, 1.82) is 0 Å². The van der Waals surface area contributed by atoms with Crippen molar-refractivity contribution in [1.82, 2.24) is 4.98 Å². The maximum atomic E-state index is 12.7. The Kier molecular flexibility index (Phi) is 6.01. The molecule has 24 heavy (non-hydrogen) atoms. The number of esters is 1. The van der Waals surface area contributed by atoms with Crippen LogP contribution in [0.15, 0.2) is 4.47 Å². The number of aryl methyl sites for hydroxylation is 2. The summed E-state index contributed by atoms with van der Waals surface area (Å²) in [6.07, 6.45) is 1.80. The van der Waals surface area contributed by atoms with Gasteiger partial charge in [0.05, 0.1) is 33.2 Å². The lowest BCUT2D eigenvalue weighted by Crippen LogP contribution is -2.35. The second-order valence-corrected chi connectivity index (χ2v) is 7.57. The lowest BCUT2D eigenvalue weighted by atomic mass is 9.97. The van der Waals surface area contributed by atoms with Crippen LogP contribution in [0.5, 0.6) is 0 Å². The highest BCUT2D eigenvalue weighted by Crippen LogP contribution is 2.36.